The Bertz CT molecular complexity index is 401. The second-order valence-electron chi connectivity index (χ2n) is 5.32. The van der Waals surface area contributed by atoms with E-state index in [4.69, 9.17) is 5.73 Å². The summed E-state index contributed by atoms with van der Waals surface area (Å²) in [5, 5.41) is 0. The molecule has 92 valence electrons. The molecule has 2 rings (SSSR count). The molecule has 0 heterocycles. The third-order valence-electron chi connectivity index (χ3n) is 3.65. The third kappa shape index (κ3) is 3.32. The van der Waals surface area contributed by atoms with Gasteiger partial charge in [0, 0.05) is 23.5 Å². The number of nitrogens with two attached hydrogens (primary N) is 1. The summed E-state index contributed by atoms with van der Waals surface area (Å²) < 4.78 is 0. The Morgan fingerprint density at radius 2 is 1.94 bits per heavy atom. The molecule has 2 nitrogen and oxygen atoms in total. The summed E-state index contributed by atoms with van der Waals surface area (Å²) in [6.07, 6.45) is 7.03. The number of anilines is 1. The molecule has 1 aromatic carbocycles. The van der Waals surface area contributed by atoms with Gasteiger partial charge in [0.05, 0.1) is 0 Å². The van der Waals surface area contributed by atoms with Gasteiger partial charge in [-0.25, -0.2) is 0 Å². The van der Waals surface area contributed by atoms with Crippen LogP contribution in [0.4, 0.5) is 5.69 Å². The Hall–Kier alpha value is -1.31. The van der Waals surface area contributed by atoms with Crippen LogP contribution < -0.4 is 5.73 Å². The van der Waals surface area contributed by atoms with E-state index in [9.17, 15) is 0 Å². The molecule has 2 N–H and O–H groups in total. The third-order valence-corrected chi connectivity index (χ3v) is 3.65. The van der Waals surface area contributed by atoms with Crippen LogP contribution in [0.5, 0.6) is 0 Å². The van der Waals surface area contributed by atoms with E-state index in [2.05, 4.69) is 24.9 Å². The van der Waals surface area contributed by atoms with Gasteiger partial charge in [-0.1, -0.05) is 18.6 Å². The van der Waals surface area contributed by atoms with Gasteiger partial charge < -0.3 is 5.73 Å². The minimum absolute atomic E-state index is 0.506. The number of hydrogen-bond donors (Lipinski definition) is 1. The van der Waals surface area contributed by atoms with Gasteiger partial charge in [-0.05, 0) is 50.7 Å². The maximum Gasteiger partial charge on any atom is 0.0500 e. The van der Waals surface area contributed by atoms with E-state index in [0.717, 1.165) is 17.2 Å². The summed E-state index contributed by atoms with van der Waals surface area (Å²) in [5.41, 5.74) is 9.05. The Balaban J connectivity index is 2.02. The Morgan fingerprint density at radius 1 is 1.24 bits per heavy atom. The molecule has 1 aliphatic rings. The zero-order chi connectivity index (χ0) is 12.3. The van der Waals surface area contributed by atoms with E-state index in [1.807, 2.05) is 18.3 Å². The predicted octanol–water partition coefficient (Wildman–Crippen LogP) is 3.57. The van der Waals surface area contributed by atoms with E-state index in [0.29, 0.717) is 6.04 Å². The molecule has 0 atom stereocenters. The fraction of sp³-hybridized carbons (Fsp3) is 0.533. The van der Waals surface area contributed by atoms with E-state index in [-0.39, 0.29) is 0 Å². The molecule has 0 saturated heterocycles. The second-order valence-corrected chi connectivity index (χ2v) is 5.32. The van der Waals surface area contributed by atoms with Crippen LogP contribution in [-0.2, 0) is 0 Å². The molecule has 0 aromatic heterocycles. The normalized spacial score (nSPS) is 25.3. The monoisotopic (exact) mass is 230 g/mol. The number of benzene rings is 1. The topological polar surface area (TPSA) is 38.4 Å². The molecule has 17 heavy (non-hydrogen) atoms. The number of hydrogen-bond acceptors (Lipinski definition) is 2. The quantitative estimate of drug-likeness (QED) is 0.612. The number of nitrogen functional groups attached to an aromatic ring is 1. The molecular weight excluding hydrogens is 208 g/mol. The van der Waals surface area contributed by atoms with Crippen LogP contribution in [0.2, 0.25) is 0 Å². The van der Waals surface area contributed by atoms with E-state index >= 15 is 0 Å². The van der Waals surface area contributed by atoms with Gasteiger partial charge in [0.15, 0.2) is 0 Å². The lowest BCUT2D eigenvalue weighted by Gasteiger charge is -2.23. The summed E-state index contributed by atoms with van der Waals surface area (Å²) in [7, 11) is 0. The summed E-state index contributed by atoms with van der Waals surface area (Å²) in [6.45, 7) is 4.41. The zero-order valence-electron chi connectivity index (χ0n) is 10.8. The lowest BCUT2D eigenvalue weighted by Crippen LogP contribution is -2.15. The molecule has 0 spiro atoms. The van der Waals surface area contributed by atoms with Crippen molar-refractivity contribution in [2.24, 2.45) is 10.9 Å². The lowest BCUT2D eigenvalue weighted by molar-refractivity contribution is 0.350. The van der Waals surface area contributed by atoms with Gasteiger partial charge in [0.2, 0.25) is 0 Å². The maximum atomic E-state index is 5.94. The van der Waals surface area contributed by atoms with Crippen LogP contribution in [0.25, 0.3) is 0 Å². The molecule has 2 heteroatoms. The first kappa shape index (κ1) is 12.2. The highest BCUT2D eigenvalue weighted by Gasteiger charge is 2.16. The Kier molecular flexibility index (Phi) is 3.82. The molecule has 1 fully saturated rings. The van der Waals surface area contributed by atoms with Crippen LogP contribution in [0.1, 0.15) is 43.7 Å². The predicted molar refractivity (Wildman–Crippen MR) is 74.6 cm³/mol. The first-order valence-corrected chi connectivity index (χ1v) is 6.54. The van der Waals surface area contributed by atoms with E-state index in [1.165, 1.54) is 31.2 Å². The highest BCUT2D eigenvalue weighted by molar-refractivity contribution is 5.87. The van der Waals surface area contributed by atoms with Crippen LogP contribution in [0, 0.1) is 12.8 Å². The standard InChI is InChI=1S/C15H22N2/c1-11-3-6-14(7-4-11)17-10-13-9-12(2)5-8-15(13)16/h5,8-11,14H,3-4,6-7,16H2,1-2H3. The molecular formula is C15H22N2. The molecule has 0 radical (unpaired) electrons. The summed E-state index contributed by atoms with van der Waals surface area (Å²) in [4.78, 5) is 4.68. The highest BCUT2D eigenvalue weighted by Crippen LogP contribution is 2.25. The van der Waals surface area contributed by atoms with Gasteiger partial charge in [0.25, 0.3) is 0 Å². The van der Waals surface area contributed by atoms with Crippen molar-refractivity contribution in [1.29, 1.82) is 0 Å². The number of aliphatic imine (C=N–C) groups is 1. The summed E-state index contributed by atoms with van der Waals surface area (Å²) in [6, 6.07) is 6.60. The van der Waals surface area contributed by atoms with Crippen molar-refractivity contribution < 1.29 is 0 Å². The van der Waals surface area contributed by atoms with Crippen molar-refractivity contribution >= 4 is 11.9 Å². The molecule has 0 amide bonds. The highest BCUT2D eigenvalue weighted by atomic mass is 14.8. The van der Waals surface area contributed by atoms with Gasteiger partial charge in [0.1, 0.15) is 0 Å². The SMILES string of the molecule is Cc1ccc(N)c(C=NC2CCC(C)CC2)c1. The molecule has 1 aromatic rings. The molecule has 0 aliphatic heterocycles. The van der Waals surface area contributed by atoms with E-state index < -0.39 is 0 Å². The van der Waals surface area contributed by atoms with Gasteiger partial charge >= 0.3 is 0 Å². The maximum absolute atomic E-state index is 5.94. The number of nitrogens with zero attached hydrogens (tertiary/aromatic N) is 1. The van der Waals surface area contributed by atoms with Crippen molar-refractivity contribution in [2.45, 2.75) is 45.6 Å². The Labute approximate surface area is 104 Å². The number of aryl methyl sites for hydroxylation is 1. The first-order valence-electron chi connectivity index (χ1n) is 6.54. The molecule has 0 unspecified atom stereocenters. The molecule has 0 bridgehead atoms. The first-order chi connectivity index (χ1) is 8.15. The van der Waals surface area contributed by atoms with Crippen molar-refractivity contribution in [1.82, 2.24) is 0 Å². The fourth-order valence-corrected chi connectivity index (χ4v) is 2.38. The minimum Gasteiger partial charge on any atom is -0.398 e. The van der Waals surface area contributed by atoms with Gasteiger partial charge in [-0.15, -0.1) is 0 Å². The molecule has 1 saturated carbocycles. The second kappa shape index (κ2) is 5.35. The number of rotatable bonds is 2. The van der Waals surface area contributed by atoms with Crippen LogP contribution in [0.15, 0.2) is 23.2 Å². The summed E-state index contributed by atoms with van der Waals surface area (Å²) >= 11 is 0. The van der Waals surface area contributed by atoms with Crippen molar-refractivity contribution in [3.8, 4) is 0 Å². The fourth-order valence-electron chi connectivity index (χ4n) is 2.38. The lowest BCUT2D eigenvalue weighted by atomic mass is 9.88. The Morgan fingerprint density at radius 3 is 2.65 bits per heavy atom. The van der Waals surface area contributed by atoms with Crippen molar-refractivity contribution in [3.05, 3.63) is 29.3 Å². The van der Waals surface area contributed by atoms with Crippen molar-refractivity contribution in [3.63, 3.8) is 0 Å². The molecule has 1 aliphatic carbocycles. The average Bonchev–Trinajstić information content (AvgIpc) is 2.32. The average molecular weight is 230 g/mol. The van der Waals surface area contributed by atoms with Crippen LogP contribution in [0.3, 0.4) is 0 Å². The van der Waals surface area contributed by atoms with E-state index in [1.54, 1.807) is 0 Å². The zero-order valence-corrected chi connectivity index (χ0v) is 10.8. The van der Waals surface area contributed by atoms with Crippen LogP contribution >= 0.6 is 0 Å². The van der Waals surface area contributed by atoms with Gasteiger partial charge in [-0.2, -0.15) is 0 Å². The minimum atomic E-state index is 0.506. The summed E-state index contributed by atoms with van der Waals surface area (Å²) in [5.74, 6) is 0.880. The van der Waals surface area contributed by atoms with Crippen LogP contribution in [-0.4, -0.2) is 12.3 Å². The van der Waals surface area contributed by atoms with Gasteiger partial charge in [-0.3, -0.25) is 4.99 Å². The smallest absolute Gasteiger partial charge is 0.0500 e. The van der Waals surface area contributed by atoms with Crippen molar-refractivity contribution in [2.75, 3.05) is 5.73 Å². The largest absolute Gasteiger partial charge is 0.398 e.